The Morgan fingerprint density at radius 1 is 1.03 bits per heavy atom. The van der Waals surface area contributed by atoms with Crippen LogP contribution in [0.25, 0.3) is 0 Å². The Balaban J connectivity index is 1.74. The quantitative estimate of drug-likeness (QED) is 0.349. The first kappa shape index (κ1) is 22.2. The Kier molecular flexibility index (Phi) is 6.05. The van der Waals surface area contributed by atoms with Crippen LogP contribution in [0.2, 0.25) is 0 Å². The number of carboxylic acids is 1. The van der Waals surface area contributed by atoms with Crippen LogP contribution >= 0.6 is 0 Å². The molecule has 0 saturated carbocycles. The van der Waals surface area contributed by atoms with Crippen molar-refractivity contribution in [2.24, 2.45) is 0 Å². The zero-order valence-corrected chi connectivity index (χ0v) is 16.9. The third-order valence-corrected chi connectivity index (χ3v) is 4.75. The zero-order chi connectivity index (χ0) is 23.6. The molecule has 0 spiro atoms. The molecule has 0 fully saturated rings. The third kappa shape index (κ3) is 4.05. The summed E-state index contributed by atoms with van der Waals surface area (Å²) in [6.45, 7) is -0.320. The molecule has 12 nitrogen and oxygen atoms in total. The molecular weight excluding hydrogens is 426 g/mol. The largest absolute Gasteiger partial charge is 0.545 e. The van der Waals surface area contributed by atoms with Crippen molar-refractivity contribution in [2.75, 3.05) is 26.1 Å². The Bertz CT molecular complexity index is 1160. The number of hydrogen-bond donors (Lipinski definition) is 1. The van der Waals surface area contributed by atoms with E-state index in [1.807, 2.05) is 0 Å². The highest BCUT2D eigenvalue weighted by Gasteiger charge is 2.36. The van der Waals surface area contributed by atoms with Gasteiger partial charge >= 0.3 is 0 Å². The van der Waals surface area contributed by atoms with Crippen LogP contribution < -0.4 is 19.9 Å². The number of ether oxygens (including phenoxy) is 2. The second-order valence-corrected chi connectivity index (χ2v) is 6.59. The highest BCUT2D eigenvalue weighted by atomic mass is 16.6. The molecule has 2 aromatic rings. The fourth-order valence-electron chi connectivity index (χ4n) is 3.17. The van der Waals surface area contributed by atoms with Crippen molar-refractivity contribution < 1.29 is 38.7 Å². The second kappa shape index (κ2) is 8.71. The minimum atomic E-state index is -1.57. The van der Waals surface area contributed by atoms with Gasteiger partial charge < -0.3 is 24.7 Å². The van der Waals surface area contributed by atoms with Crippen LogP contribution in [0.4, 0.5) is 11.4 Å². The van der Waals surface area contributed by atoms with Gasteiger partial charge in [-0.25, -0.2) is 0 Å². The molecule has 1 N–H and O–H groups in total. The monoisotopic (exact) mass is 442 g/mol. The van der Waals surface area contributed by atoms with Gasteiger partial charge in [-0.2, -0.15) is 0 Å². The van der Waals surface area contributed by atoms with Gasteiger partial charge in [0.25, 0.3) is 17.5 Å². The molecule has 1 heterocycles. The van der Waals surface area contributed by atoms with Crippen molar-refractivity contribution in [3.05, 3.63) is 57.1 Å². The van der Waals surface area contributed by atoms with Crippen LogP contribution in [0.15, 0.2) is 30.3 Å². The number of benzene rings is 2. The topological polar surface area (TPSA) is 168 Å². The summed E-state index contributed by atoms with van der Waals surface area (Å²) in [6.07, 6.45) is -0.353. The van der Waals surface area contributed by atoms with Crippen molar-refractivity contribution in [1.82, 2.24) is 4.90 Å². The van der Waals surface area contributed by atoms with Crippen LogP contribution in [-0.4, -0.2) is 54.3 Å². The molecule has 3 rings (SSSR count). The van der Waals surface area contributed by atoms with Crippen LogP contribution in [0.1, 0.15) is 37.5 Å². The molecule has 0 radical (unpaired) electrons. The standard InChI is InChI=1S/C20H17N3O9/c1-31-15-8-13(20(27)28)14(9-16(15)32-2)21-17(24)5-6-22-18(25)11-4-3-10(23(29)30)7-12(11)19(22)26/h3-4,7-9H,5-6H2,1-2H3,(H,21,24)(H,27,28)/p-1. The lowest BCUT2D eigenvalue weighted by molar-refractivity contribution is -0.384. The van der Waals surface area contributed by atoms with E-state index in [4.69, 9.17) is 9.47 Å². The van der Waals surface area contributed by atoms with Gasteiger partial charge in [-0.3, -0.25) is 29.4 Å². The minimum Gasteiger partial charge on any atom is -0.545 e. The van der Waals surface area contributed by atoms with Gasteiger partial charge in [0.2, 0.25) is 5.91 Å². The number of nitrogens with one attached hydrogen (secondary N) is 1. The Morgan fingerprint density at radius 3 is 2.25 bits per heavy atom. The van der Waals surface area contributed by atoms with E-state index in [0.717, 1.165) is 23.1 Å². The van der Waals surface area contributed by atoms with Gasteiger partial charge in [0.15, 0.2) is 11.5 Å². The zero-order valence-electron chi connectivity index (χ0n) is 16.9. The van der Waals surface area contributed by atoms with E-state index < -0.39 is 28.6 Å². The molecule has 12 heteroatoms. The van der Waals surface area contributed by atoms with Gasteiger partial charge in [-0.05, 0) is 12.1 Å². The van der Waals surface area contributed by atoms with Gasteiger partial charge in [0.1, 0.15) is 0 Å². The number of non-ortho nitro benzene ring substituents is 1. The number of fused-ring (bicyclic) bond motifs is 1. The predicted molar refractivity (Wildman–Crippen MR) is 106 cm³/mol. The lowest BCUT2D eigenvalue weighted by Gasteiger charge is -2.17. The molecule has 0 atom stereocenters. The number of rotatable bonds is 8. The number of imide groups is 1. The number of amides is 3. The van der Waals surface area contributed by atoms with Crippen LogP contribution in [-0.2, 0) is 4.79 Å². The third-order valence-electron chi connectivity index (χ3n) is 4.75. The van der Waals surface area contributed by atoms with E-state index in [-0.39, 0.29) is 52.5 Å². The fraction of sp³-hybridized carbons (Fsp3) is 0.200. The number of anilines is 1. The number of methoxy groups -OCH3 is 2. The normalized spacial score (nSPS) is 12.4. The number of carbonyl (C=O) groups excluding carboxylic acids is 4. The molecule has 0 unspecified atom stereocenters. The maximum Gasteiger partial charge on any atom is 0.270 e. The number of nitro benzene ring substituents is 1. The Hall–Kier alpha value is -4.48. The molecule has 0 aromatic heterocycles. The smallest absolute Gasteiger partial charge is 0.270 e. The molecule has 1 aliphatic heterocycles. The molecule has 32 heavy (non-hydrogen) atoms. The van der Waals surface area contributed by atoms with E-state index in [2.05, 4.69) is 5.32 Å². The number of aromatic carboxylic acids is 1. The summed E-state index contributed by atoms with van der Waals surface area (Å²) in [5.74, 6) is -3.43. The minimum absolute atomic E-state index is 0.000127. The molecule has 0 aliphatic carbocycles. The number of nitrogens with zero attached hydrogens (tertiary/aromatic N) is 2. The molecule has 3 amide bonds. The van der Waals surface area contributed by atoms with Crippen LogP contribution in [0, 0.1) is 10.1 Å². The molecular formula is C20H16N3O9-. The Morgan fingerprint density at radius 2 is 1.66 bits per heavy atom. The number of carbonyl (C=O) groups is 4. The summed E-state index contributed by atoms with van der Waals surface area (Å²) < 4.78 is 10.1. The molecule has 1 aliphatic rings. The van der Waals surface area contributed by atoms with Gasteiger partial charge in [0, 0.05) is 36.7 Å². The number of nitro groups is 1. The lowest BCUT2D eigenvalue weighted by atomic mass is 10.1. The summed E-state index contributed by atoms with van der Waals surface area (Å²) in [5.41, 5.74) is -0.939. The average Bonchev–Trinajstić information content (AvgIpc) is 3.00. The summed E-state index contributed by atoms with van der Waals surface area (Å²) in [4.78, 5) is 59.7. The summed E-state index contributed by atoms with van der Waals surface area (Å²) in [7, 11) is 2.64. The Labute approximate surface area is 180 Å². The molecule has 166 valence electrons. The first-order valence-electron chi connectivity index (χ1n) is 9.09. The van der Waals surface area contributed by atoms with Crippen molar-refractivity contribution in [3.63, 3.8) is 0 Å². The first-order chi connectivity index (χ1) is 15.2. The number of hydrogen-bond acceptors (Lipinski definition) is 9. The van der Waals surface area contributed by atoms with Crippen molar-refractivity contribution in [2.45, 2.75) is 6.42 Å². The molecule has 2 aromatic carbocycles. The van der Waals surface area contributed by atoms with E-state index in [1.165, 1.54) is 26.4 Å². The average molecular weight is 442 g/mol. The maximum atomic E-state index is 12.5. The van der Waals surface area contributed by atoms with E-state index in [1.54, 1.807) is 0 Å². The fourth-order valence-corrected chi connectivity index (χ4v) is 3.17. The SMILES string of the molecule is COc1cc(NC(=O)CCN2C(=O)c3ccc([N+](=O)[O-])cc3C2=O)c(C(=O)[O-])cc1OC. The maximum absolute atomic E-state index is 12.5. The van der Waals surface area contributed by atoms with Crippen molar-refractivity contribution >= 4 is 35.1 Å². The summed E-state index contributed by atoms with van der Waals surface area (Å²) in [6, 6.07) is 5.66. The van der Waals surface area contributed by atoms with Gasteiger partial charge in [0.05, 0.1) is 41.9 Å². The van der Waals surface area contributed by atoms with Crippen molar-refractivity contribution in [1.29, 1.82) is 0 Å². The molecule has 0 saturated heterocycles. The van der Waals surface area contributed by atoms with E-state index in [0.29, 0.717) is 0 Å². The van der Waals surface area contributed by atoms with E-state index in [9.17, 15) is 34.4 Å². The second-order valence-electron chi connectivity index (χ2n) is 6.59. The highest BCUT2D eigenvalue weighted by molar-refractivity contribution is 6.21. The predicted octanol–water partition coefficient (Wildman–Crippen LogP) is 0.600. The van der Waals surface area contributed by atoms with Crippen molar-refractivity contribution in [3.8, 4) is 11.5 Å². The highest BCUT2D eigenvalue weighted by Crippen LogP contribution is 2.33. The van der Waals surface area contributed by atoms with Gasteiger partial charge in [-0.15, -0.1) is 0 Å². The van der Waals surface area contributed by atoms with Crippen LogP contribution in [0.5, 0.6) is 11.5 Å². The van der Waals surface area contributed by atoms with Crippen LogP contribution in [0.3, 0.4) is 0 Å². The van der Waals surface area contributed by atoms with Gasteiger partial charge in [-0.1, -0.05) is 0 Å². The summed E-state index contributed by atoms with van der Waals surface area (Å²) >= 11 is 0. The number of carboxylic acid groups (broad SMARTS) is 1. The summed E-state index contributed by atoms with van der Waals surface area (Å²) in [5, 5.41) is 24.7. The first-order valence-corrected chi connectivity index (χ1v) is 9.09. The lowest BCUT2D eigenvalue weighted by Crippen LogP contribution is -2.33. The van der Waals surface area contributed by atoms with E-state index >= 15 is 0 Å². The molecule has 0 bridgehead atoms.